The smallest absolute Gasteiger partial charge is 0.186 e. The molecular weight excluding hydrogens is 1250 g/mol. The maximum absolute atomic E-state index is 10.4. The van der Waals surface area contributed by atoms with Gasteiger partial charge in [-0.05, 0) is 63.6 Å². The van der Waals surface area contributed by atoms with E-state index in [9.17, 15) is 51.1 Å². The Bertz CT molecular complexity index is 1670. The Morgan fingerprint density at radius 1 is 0.532 bits per heavy atom. The van der Waals surface area contributed by atoms with Gasteiger partial charge in [0.25, 0.3) is 0 Å². The first-order valence-electron chi connectivity index (χ1n) is 26.0. The average molecular weight is 1330 g/mol. The first-order valence-corrected chi connectivity index (χ1v) is 27.2. The van der Waals surface area contributed by atoms with Gasteiger partial charge in [0.15, 0.2) is 30.3 Å². The molecule has 0 saturated carbocycles. The molecule has 12 unspecified atom stereocenters. The number of nitrogens with one attached hydrogen (secondary N) is 5. The zero-order chi connectivity index (χ0) is 56.8. The number of nitrogens with zero attached hydrogens (tertiary/aromatic N) is 2. The van der Waals surface area contributed by atoms with Crippen molar-refractivity contribution in [2.45, 2.75) is 163 Å². The molecule has 79 heavy (non-hydrogen) atoms. The molecular formula is C49H85N7O18S3Y2-4. The molecule has 12 rings (SSSR count). The van der Waals surface area contributed by atoms with E-state index in [1.807, 2.05) is 18.7 Å². The van der Waals surface area contributed by atoms with Gasteiger partial charge in [-0.15, -0.1) is 0 Å². The fourth-order valence-corrected chi connectivity index (χ4v) is 9.79. The van der Waals surface area contributed by atoms with Gasteiger partial charge in [0.05, 0.1) is 48.7 Å². The van der Waals surface area contributed by atoms with Gasteiger partial charge in [0.1, 0.15) is 61.0 Å². The molecule has 0 amide bonds. The van der Waals surface area contributed by atoms with Crippen molar-refractivity contribution < 1.29 is 154 Å². The van der Waals surface area contributed by atoms with Gasteiger partial charge < -0.3 is 147 Å². The Morgan fingerprint density at radius 2 is 0.899 bits per heavy atom. The summed E-state index contributed by atoms with van der Waals surface area (Å²) in [6, 6.07) is 0. The van der Waals surface area contributed by atoms with Crippen LogP contribution in [-0.4, -0.2) is 266 Å². The maximum Gasteiger partial charge on any atom is 0.186 e. The topological polar surface area (TPSA) is 343 Å². The zero-order valence-corrected chi connectivity index (χ0v) is 53.2. The normalized spacial score (nSPS) is 36.3. The summed E-state index contributed by atoms with van der Waals surface area (Å²) in [6.07, 6.45) is -11.7. The van der Waals surface area contributed by atoms with E-state index in [1.165, 1.54) is 0 Å². The molecule has 0 spiro atoms. The molecule has 0 aromatic heterocycles. The fourth-order valence-electron chi connectivity index (χ4n) is 9.35. The second-order valence-corrected chi connectivity index (χ2v) is 20.9. The maximum atomic E-state index is 10.4. The van der Waals surface area contributed by atoms with Gasteiger partial charge in [0.2, 0.25) is 0 Å². The van der Waals surface area contributed by atoms with Crippen molar-refractivity contribution >= 4 is 51.7 Å². The summed E-state index contributed by atoms with van der Waals surface area (Å²) >= 11 is 15.6. The summed E-state index contributed by atoms with van der Waals surface area (Å²) < 4.78 is 44.3. The van der Waals surface area contributed by atoms with Crippen molar-refractivity contribution in [2.24, 2.45) is 11.8 Å². The molecule has 15 N–H and O–H groups in total. The van der Waals surface area contributed by atoms with Crippen molar-refractivity contribution in [3.8, 4) is 0 Å². The van der Waals surface area contributed by atoms with Gasteiger partial charge in [-0.3, -0.25) is 18.1 Å². The summed E-state index contributed by atoms with van der Waals surface area (Å²) in [5.41, 5.74) is 0. The van der Waals surface area contributed by atoms with E-state index >= 15 is 0 Å². The van der Waals surface area contributed by atoms with Gasteiger partial charge in [-0.2, -0.15) is 0 Å². The quantitative estimate of drug-likeness (QED) is 0.0287. The minimum Gasteiger partial charge on any atom is -0.552 e. The van der Waals surface area contributed by atoms with Crippen LogP contribution in [0.3, 0.4) is 0 Å². The molecule has 20 atom stereocenters. The molecule has 0 aromatic carbocycles. The Balaban J connectivity index is 0.000000400. The average Bonchev–Trinajstić information content (AvgIpc) is 3.39. The monoisotopic (exact) mass is 1330 g/mol. The SMILES string of the molecule is C=[C-]NCN(CN[C-]=C)C(=S)NCCN(CCNC(C)=S)CCNC(C)=S.[CH2-]C1O[C@@H]2OC3C(CO)O[C@H](OCCCCC1[C@H](O)C2O)C(O)[C@H]3O.[CH2-]C1O[C@@H]2OC3C(CO)O[C@H](OCCCCC1[C@H](O)C2O)C(O)[C@H]3O.[Y].[Y]. The second-order valence-electron chi connectivity index (χ2n) is 19.3. The van der Waals surface area contributed by atoms with Crippen LogP contribution in [0.4, 0.5) is 0 Å². The number of hydrogen-bond acceptors (Lipinski definition) is 24. The number of rotatable bonds is 17. The van der Waals surface area contributed by atoms with E-state index < -0.39 is 124 Å². The van der Waals surface area contributed by atoms with Crippen LogP contribution in [-0.2, 0) is 103 Å². The molecule has 0 aromatic rings. The van der Waals surface area contributed by atoms with Crippen LogP contribution >= 0.6 is 36.7 Å². The summed E-state index contributed by atoms with van der Waals surface area (Å²) in [5.74, 6) is -0.703. The van der Waals surface area contributed by atoms with Gasteiger partial charge in [0, 0.05) is 118 Å². The Labute approximate surface area is 531 Å². The van der Waals surface area contributed by atoms with Crippen LogP contribution < -0.4 is 26.6 Å². The van der Waals surface area contributed by atoms with E-state index in [2.05, 4.69) is 70.9 Å². The molecule has 25 nitrogen and oxygen atoms in total. The number of aliphatic hydroxyl groups is 10. The predicted octanol–water partition coefficient (Wildman–Crippen LogP) is -3.86. The summed E-state index contributed by atoms with van der Waals surface area (Å²) in [5, 5.41) is 118. The first kappa shape index (κ1) is 75.1. The number of ether oxygens (including phenoxy) is 8. The standard InChI is InChI=1S/C17H31N7S3.2C16H27O9.2Y/c1-5-18-13-24(14-19-6-2)17(27)22-9-12-23(10-7-20-15(3)25)11-8-21-16(4)26;2*1-7-8-4-2-3-5-22-15-13(21)11(19)14(9(6-17)24-15)25-16(23-7)12(20)10(8)18;;/h18-19H,1-2,7-14H2,3-4H3,(H,20,25)(H,21,26)(H,22,27);2*7-21H,1-6H2;;/q-2;2*-1;;/t;2*7?,8?,9?,10-,11+,12?,13?,14?,15-,16+;;/m.00../s1. The molecule has 12 aliphatic heterocycles. The number of hydrogen-bond donors (Lipinski definition) is 15. The van der Waals surface area contributed by atoms with E-state index in [0.717, 1.165) is 49.2 Å². The predicted molar refractivity (Wildman–Crippen MR) is 289 cm³/mol. The molecule has 452 valence electrons. The minimum atomic E-state index is -1.42. The molecule has 12 fully saturated rings. The second kappa shape index (κ2) is 39.6. The van der Waals surface area contributed by atoms with E-state index in [4.69, 9.17) is 74.5 Å². The van der Waals surface area contributed by atoms with Gasteiger partial charge >= 0.3 is 0 Å². The van der Waals surface area contributed by atoms with Crippen molar-refractivity contribution in [3.05, 3.63) is 39.4 Å². The van der Waals surface area contributed by atoms with Crippen molar-refractivity contribution in [2.75, 3.05) is 79.0 Å². The Hall–Kier alpha value is -0.00221. The number of thiocarbonyl (C=S) groups is 3. The largest absolute Gasteiger partial charge is 0.552 e. The Kier molecular flexibility index (Phi) is 37.7. The third kappa shape index (κ3) is 23.7. The summed E-state index contributed by atoms with van der Waals surface area (Å²) in [4.78, 5) is 5.82. The summed E-state index contributed by atoms with van der Waals surface area (Å²) in [6.45, 7) is 24.0. The van der Waals surface area contributed by atoms with E-state index in [0.29, 0.717) is 57.0 Å². The minimum absolute atomic E-state index is 0. The molecule has 30 heteroatoms. The number of aliphatic hydroxyl groups excluding tert-OH is 10. The van der Waals surface area contributed by atoms with Crippen molar-refractivity contribution in [1.82, 2.24) is 36.4 Å². The molecule has 2 radical (unpaired) electrons. The van der Waals surface area contributed by atoms with E-state index in [1.54, 1.807) is 0 Å². The third-order valence-corrected chi connectivity index (χ3v) is 14.4. The van der Waals surface area contributed by atoms with Crippen LogP contribution in [0.1, 0.15) is 52.4 Å². The first-order chi connectivity index (χ1) is 36.8. The van der Waals surface area contributed by atoms with Crippen LogP contribution in [0.15, 0.2) is 13.2 Å². The van der Waals surface area contributed by atoms with Crippen LogP contribution in [0, 0.1) is 38.1 Å². The zero-order valence-electron chi connectivity index (χ0n) is 45.1. The molecule has 12 saturated heterocycles. The van der Waals surface area contributed by atoms with Gasteiger partial charge in [-0.1, -0.05) is 49.5 Å². The van der Waals surface area contributed by atoms with Gasteiger partial charge in [-0.25, -0.2) is 0 Å². The van der Waals surface area contributed by atoms with Crippen LogP contribution in [0.25, 0.3) is 0 Å². The van der Waals surface area contributed by atoms with E-state index in [-0.39, 0.29) is 90.5 Å². The molecule has 12 aliphatic rings. The fraction of sp³-hybridized carbons (Fsp3) is 0.816. The molecule has 0 aliphatic carbocycles. The summed E-state index contributed by atoms with van der Waals surface area (Å²) in [7, 11) is 0. The van der Waals surface area contributed by atoms with Crippen molar-refractivity contribution in [3.63, 3.8) is 0 Å². The van der Waals surface area contributed by atoms with Crippen LogP contribution in [0.5, 0.6) is 0 Å². The van der Waals surface area contributed by atoms with Crippen LogP contribution in [0.2, 0.25) is 0 Å². The molecule has 12 heterocycles. The van der Waals surface area contributed by atoms with Crippen molar-refractivity contribution in [1.29, 1.82) is 0 Å². The molecule has 8 bridgehead atoms. The Morgan fingerprint density at radius 3 is 1.25 bits per heavy atom. The third-order valence-electron chi connectivity index (χ3n) is 13.7.